The number of aromatic nitrogens is 1. The van der Waals surface area contributed by atoms with E-state index in [0.29, 0.717) is 0 Å². The number of hydrogen-bond acceptors (Lipinski definition) is 4. The zero-order valence-electron chi connectivity index (χ0n) is 15.6. The van der Waals surface area contributed by atoms with Gasteiger partial charge in [-0.05, 0) is 42.3 Å². The fourth-order valence-corrected chi connectivity index (χ4v) is 4.52. The second-order valence-corrected chi connectivity index (χ2v) is 8.39. The lowest BCUT2D eigenvalue weighted by Gasteiger charge is -2.19. The number of thiazole rings is 1. The van der Waals surface area contributed by atoms with Crippen molar-refractivity contribution >= 4 is 28.6 Å². The van der Waals surface area contributed by atoms with Crippen molar-refractivity contribution in [3.05, 3.63) is 78.5 Å². The second kappa shape index (κ2) is 9.15. The maximum absolute atomic E-state index is 12.6. The van der Waals surface area contributed by atoms with Crippen LogP contribution in [-0.4, -0.2) is 10.5 Å². The Morgan fingerprint density at radius 3 is 2.56 bits per heavy atom. The molecule has 1 aromatic carbocycles. The van der Waals surface area contributed by atoms with Gasteiger partial charge in [-0.15, -0.1) is 11.3 Å². The molecule has 27 heavy (non-hydrogen) atoms. The van der Waals surface area contributed by atoms with Crippen molar-refractivity contribution in [3.8, 4) is 0 Å². The third-order valence-corrected chi connectivity index (χ3v) is 6.36. The predicted octanol–water partition coefficient (Wildman–Crippen LogP) is 4.53. The molecule has 3 aromatic rings. The lowest BCUT2D eigenvalue weighted by Crippen LogP contribution is -2.34. The number of nitrogens with one attached hydrogen (secondary N) is 1. The molecule has 3 rings (SSSR count). The summed E-state index contributed by atoms with van der Waals surface area (Å²) in [6.45, 7) is 4.08. The fraction of sp³-hybridized carbons (Fsp3) is 0.333. The smallest absolute Gasteiger partial charge is 0.307 e. The fourth-order valence-electron chi connectivity index (χ4n) is 2.98. The molecule has 1 N–H and O–H groups in total. The second-order valence-electron chi connectivity index (χ2n) is 6.59. The number of aryl methyl sites for hydroxylation is 2. The quantitative estimate of drug-likeness (QED) is 0.604. The van der Waals surface area contributed by atoms with Gasteiger partial charge in [-0.1, -0.05) is 55.0 Å². The first-order chi connectivity index (χ1) is 13.1. The van der Waals surface area contributed by atoms with Gasteiger partial charge < -0.3 is 5.32 Å². The lowest BCUT2D eigenvalue weighted by molar-refractivity contribution is -0.122. The predicted molar refractivity (Wildman–Crippen MR) is 113 cm³/mol. The van der Waals surface area contributed by atoms with E-state index in [1.54, 1.807) is 16.7 Å². The Kier molecular flexibility index (Phi) is 6.63. The van der Waals surface area contributed by atoms with Crippen molar-refractivity contribution < 1.29 is 4.79 Å². The molecule has 142 valence electrons. The maximum Gasteiger partial charge on any atom is 0.307 e. The highest BCUT2D eigenvalue weighted by molar-refractivity contribution is 7.10. The van der Waals surface area contributed by atoms with Crippen LogP contribution in [0.25, 0.3) is 0 Å². The van der Waals surface area contributed by atoms with E-state index in [4.69, 9.17) is 0 Å². The van der Waals surface area contributed by atoms with Crippen molar-refractivity contribution in [1.82, 2.24) is 9.88 Å². The van der Waals surface area contributed by atoms with Crippen LogP contribution >= 0.6 is 22.7 Å². The van der Waals surface area contributed by atoms with Crippen LogP contribution < -0.4 is 10.2 Å². The van der Waals surface area contributed by atoms with Crippen LogP contribution in [0.1, 0.15) is 47.5 Å². The average molecular weight is 401 g/mol. The minimum Gasteiger partial charge on any atom is -0.343 e. The Bertz CT molecular complexity index is 924. The molecule has 0 fully saturated rings. The Hall–Kier alpha value is -2.18. The minimum absolute atomic E-state index is 0.0463. The summed E-state index contributed by atoms with van der Waals surface area (Å²) in [4.78, 5) is 25.5. The van der Waals surface area contributed by atoms with Crippen LogP contribution in [0.15, 0.2) is 52.0 Å². The molecule has 0 spiro atoms. The van der Waals surface area contributed by atoms with Gasteiger partial charge in [0, 0.05) is 16.0 Å². The molecule has 0 aliphatic carbocycles. The molecule has 4 nitrogen and oxygen atoms in total. The molecule has 1 unspecified atom stereocenters. The number of carbonyl (C=O) groups excluding carboxylic acids is 1. The zero-order valence-corrected chi connectivity index (χ0v) is 17.2. The van der Waals surface area contributed by atoms with E-state index in [1.165, 1.54) is 23.0 Å². The average Bonchev–Trinajstić information content (AvgIpc) is 3.31. The van der Waals surface area contributed by atoms with Gasteiger partial charge in [-0.25, -0.2) is 0 Å². The number of rotatable bonds is 8. The van der Waals surface area contributed by atoms with Gasteiger partial charge in [0.05, 0.1) is 6.04 Å². The van der Waals surface area contributed by atoms with E-state index in [2.05, 4.69) is 36.5 Å². The molecule has 1 atom stereocenters. The van der Waals surface area contributed by atoms with Gasteiger partial charge in [0.15, 0.2) is 0 Å². The molecule has 0 saturated carbocycles. The number of carbonyl (C=O) groups is 1. The first-order valence-corrected chi connectivity index (χ1v) is 10.9. The Morgan fingerprint density at radius 2 is 1.96 bits per heavy atom. The number of amides is 1. The van der Waals surface area contributed by atoms with Crippen LogP contribution in [0.4, 0.5) is 0 Å². The maximum atomic E-state index is 12.6. The summed E-state index contributed by atoms with van der Waals surface area (Å²) in [6.07, 6.45) is 3.43. The Balaban J connectivity index is 1.78. The molecule has 1 amide bonds. The van der Waals surface area contributed by atoms with Crippen molar-refractivity contribution in [1.29, 1.82) is 0 Å². The number of thiophene rings is 1. The van der Waals surface area contributed by atoms with E-state index in [1.807, 2.05) is 24.4 Å². The highest BCUT2D eigenvalue weighted by atomic mass is 32.1. The highest BCUT2D eigenvalue weighted by Gasteiger charge is 2.19. The Labute approximate surface area is 167 Å². The third-order valence-electron chi connectivity index (χ3n) is 4.54. The summed E-state index contributed by atoms with van der Waals surface area (Å²) in [5.74, 6) is -0.160. The Morgan fingerprint density at radius 1 is 1.19 bits per heavy atom. The first kappa shape index (κ1) is 19.6. The van der Waals surface area contributed by atoms with Crippen molar-refractivity contribution in [3.63, 3.8) is 0 Å². The summed E-state index contributed by atoms with van der Waals surface area (Å²) < 4.78 is 1.51. The molecule has 6 heteroatoms. The summed E-state index contributed by atoms with van der Waals surface area (Å²) in [6, 6.07) is 12.3. The van der Waals surface area contributed by atoms with Gasteiger partial charge >= 0.3 is 4.87 Å². The molecule has 2 heterocycles. The van der Waals surface area contributed by atoms with E-state index in [0.717, 1.165) is 33.9 Å². The van der Waals surface area contributed by atoms with Gasteiger partial charge in [0.2, 0.25) is 5.91 Å². The van der Waals surface area contributed by atoms with E-state index in [9.17, 15) is 9.59 Å². The SMILES string of the molecule is CCCCc1ccc(C(NC(=O)Cn2c(C)csc2=O)c2cccs2)cc1. The highest BCUT2D eigenvalue weighted by Crippen LogP contribution is 2.26. The van der Waals surface area contributed by atoms with Gasteiger partial charge in [-0.2, -0.15) is 0 Å². The van der Waals surface area contributed by atoms with Crippen LogP contribution in [0.5, 0.6) is 0 Å². The van der Waals surface area contributed by atoms with Crippen LogP contribution in [0, 0.1) is 6.92 Å². The van der Waals surface area contributed by atoms with E-state index >= 15 is 0 Å². The molecule has 0 radical (unpaired) electrons. The monoisotopic (exact) mass is 400 g/mol. The van der Waals surface area contributed by atoms with Crippen molar-refractivity contribution in [2.24, 2.45) is 0 Å². The molecule has 0 aliphatic rings. The topological polar surface area (TPSA) is 51.1 Å². The van der Waals surface area contributed by atoms with E-state index < -0.39 is 0 Å². The molecule has 2 aromatic heterocycles. The molecule has 0 aliphatic heterocycles. The van der Waals surface area contributed by atoms with E-state index in [-0.39, 0.29) is 23.4 Å². The summed E-state index contributed by atoms with van der Waals surface area (Å²) in [5.41, 5.74) is 3.19. The number of benzene rings is 1. The van der Waals surface area contributed by atoms with Crippen LogP contribution in [-0.2, 0) is 17.8 Å². The number of hydrogen-bond donors (Lipinski definition) is 1. The third kappa shape index (κ3) is 4.96. The van der Waals surface area contributed by atoms with Gasteiger partial charge in [-0.3, -0.25) is 14.2 Å². The van der Waals surface area contributed by atoms with Gasteiger partial charge in [0.25, 0.3) is 0 Å². The van der Waals surface area contributed by atoms with Crippen molar-refractivity contribution in [2.75, 3.05) is 0 Å². The van der Waals surface area contributed by atoms with Crippen LogP contribution in [0.2, 0.25) is 0 Å². The number of unbranched alkanes of at least 4 members (excludes halogenated alkanes) is 1. The molecular weight excluding hydrogens is 376 g/mol. The number of nitrogens with zero attached hydrogens (tertiary/aromatic N) is 1. The lowest BCUT2D eigenvalue weighted by atomic mass is 10.0. The molecule has 0 saturated heterocycles. The molecule has 0 bridgehead atoms. The summed E-state index contributed by atoms with van der Waals surface area (Å²) >= 11 is 2.74. The summed E-state index contributed by atoms with van der Waals surface area (Å²) in [7, 11) is 0. The molecular formula is C21H24N2O2S2. The normalized spacial score (nSPS) is 12.1. The summed E-state index contributed by atoms with van der Waals surface area (Å²) in [5, 5.41) is 6.90. The largest absolute Gasteiger partial charge is 0.343 e. The van der Waals surface area contributed by atoms with Crippen LogP contribution in [0.3, 0.4) is 0 Å². The standard InChI is InChI=1S/C21H24N2O2S2/c1-3-4-6-16-8-10-17(11-9-16)20(18-7-5-12-26-18)22-19(24)13-23-15(2)14-27-21(23)25/h5,7-12,14,20H,3-4,6,13H2,1-2H3,(H,22,24). The van der Waals surface area contributed by atoms with Gasteiger partial charge in [0.1, 0.15) is 6.54 Å². The van der Waals surface area contributed by atoms with Crippen molar-refractivity contribution in [2.45, 2.75) is 45.7 Å². The first-order valence-electron chi connectivity index (χ1n) is 9.15. The minimum atomic E-state index is -0.202. The zero-order chi connectivity index (χ0) is 19.2.